The monoisotopic (exact) mass is 183 g/mol. The molecule has 0 unspecified atom stereocenters. The van der Waals surface area contributed by atoms with Gasteiger partial charge in [-0.3, -0.25) is 4.79 Å². The van der Waals surface area contributed by atoms with Crippen molar-refractivity contribution in [3.05, 3.63) is 22.4 Å². The van der Waals surface area contributed by atoms with Crippen molar-refractivity contribution < 1.29 is 4.79 Å². The summed E-state index contributed by atoms with van der Waals surface area (Å²) in [4.78, 5) is 11.8. The average molecular weight is 183 g/mol. The Kier molecular flexibility index (Phi) is 3.14. The zero-order chi connectivity index (χ0) is 8.10. The van der Waals surface area contributed by atoms with Gasteiger partial charge in [0.2, 0.25) is 0 Å². The summed E-state index contributed by atoms with van der Waals surface area (Å²) in [7, 11) is 0. The molecular formula is C7H5NOS2. The second-order valence-corrected chi connectivity index (χ2v) is 3.49. The van der Waals surface area contributed by atoms with E-state index in [1.54, 1.807) is 6.07 Å². The second-order valence-electron chi connectivity index (χ2n) is 1.78. The summed E-state index contributed by atoms with van der Waals surface area (Å²) in [6.07, 6.45) is 0. The van der Waals surface area contributed by atoms with E-state index >= 15 is 0 Å². The third-order valence-corrected chi connectivity index (χ3v) is 2.51. The summed E-state index contributed by atoms with van der Waals surface area (Å²) in [6, 6.07) is 3.60. The molecular weight excluding hydrogens is 178 g/mol. The molecule has 0 saturated carbocycles. The molecule has 1 rings (SSSR count). The minimum Gasteiger partial charge on any atom is -0.292 e. The van der Waals surface area contributed by atoms with Crippen LogP contribution in [0.1, 0.15) is 9.67 Å². The van der Waals surface area contributed by atoms with Gasteiger partial charge in [-0.1, -0.05) is 6.07 Å². The fraction of sp³-hybridized carbons (Fsp3) is 0.143. The lowest BCUT2D eigenvalue weighted by molar-refractivity contribution is 0.102. The third kappa shape index (κ3) is 2.37. The number of nitrogens with zero attached hydrogens (tertiary/aromatic N) is 1. The van der Waals surface area contributed by atoms with Crippen LogP contribution in [0.15, 0.2) is 17.5 Å². The quantitative estimate of drug-likeness (QED) is 0.532. The van der Waals surface area contributed by atoms with Crippen molar-refractivity contribution in [3.8, 4) is 5.40 Å². The number of thiophene rings is 1. The Hall–Kier alpha value is -0.790. The molecule has 1 aromatic rings. The first-order valence-corrected chi connectivity index (χ1v) is 4.78. The van der Waals surface area contributed by atoms with E-state index in [1.807, 2.05) is 16.8 Å². The van der Waals surface area contributed by atoms with Crippen LogP contribution >= 0.6 is 23.1 Å². The molecule has 0 aromatic carbocycles. The van der Waals surface area contributed by atoms with Gasteiger partial charge in [-0.05, 0) is 23.2 Å². The van der Waals surface area contributed by atoms with Gasteiger partial charge in [-0.15, -0.1) is 11.3 Å². The summed E-state index contributed by atoms with van der Waals surface area (Å²) in [6.45, 7) is 0. The molecule has 0 N–H and O–H groups in total. The van der Waals surface area contributed by atoms with E-state index in [1.165, 1.54) is 11.3 Å². The first-order chi connectivity index (χ1) is 5.34. The largest absolute Gasteiger partial charge is 0.292 e. The van der Waals surface area contributed by atoms with E-state index in [2.05, 4.69) is 0 Å². The van der Waals surface area contributed by atoms with Crippen LogP contribution in [0.3, 0.4) is 0 Å². The summed E-state index contributed by atoms with van der Waals surface area (Å²) in [5.74, 6) is 0.295. The number of thiocyanates is 1. The maximum absolute atomic E-state index is 11.1. The molecule has 11 heavy (non-hydrogen) atoms. The average Bonchev–Trinajstić information content (AvgIpc) is 2.52. The van der Waals surface area contributed by atoms with Crippen molar-refractivity contribution >= 4 is 28.9 Å². The van der Waals surface area contributed by atoms with Crippen LogP contribution in [0.25, 0.3) is 0 Å². The molecule has 1 heterocycles. The summed E-state index contributed by atoms with van der Waals surface area (Å²) in [5.41, 5.74) is 0. The predicted octanol–water partition coefficient (Wildman–Crippen LogP) is 2.15. The van der Waals surface area contributed by atoms with E-state index < -0.39 is 0 Å². The molecule has 0 aliphatic heterocycles. The highest BCUT2D eigenvalue weighted by molar-refractivity contribution is 8.04. The van der Waals surface area contributed by atoms with Gasteiger partial charge < -0.3 is 0 Å². The molecule has 0 aliphatic rings. The molecule has 0 bridgehead atoms. The van der Waals surface area contributed by atoms with Crippen molar-refractivity contribution in [1.29, 1.82) is 5.26 Å². The highest BCUT2D eigenvalue weighted by Gasteiger charge is 2.05. The Morgan fingerprint density at radius 1 is 1.82 bits per heavy atom. The first-order valence-electron chi connectivity index (χ1n) is 2.92. The number of carbonyl (C=O) groups is 1. The van der Waals surface area contributed by atoms with Gasteiger partial charge >= 0.3 is 0 Å². The summed E-state index contributed by atoms with van der Waals surface area (Å²) in [5, 5.41) is 11.9. The van der Waals surface area contributed by atoms with Gasteiger partial charge in [0.25, 0.3) is 0 Å². The first kappa shape index (κ1) is 8.31. The van der Waals surface area contributed by atoms with E-state index in [-0.39, 0.29) is 11.5 Å². The zero-order valence-electron chi connectivity index (χ0n) is 5.61. The zero-order valence-corrected chi connectivity index (χ0v) is 7.24. The lowest BCUT2D eigenvalue weighted by atomic mass is 10.4. The van der Waals surface area contributed by atoms with E-state index in [0.29, 0.717) is 0 Å². The van der Waals surface area contributed by atoms with Crippen molar-refractivity contribution in [1.82, 2.24) is 0 Å². The van der Waals surface area contributed by atoms with Crippen LogP contribution in [0.5, 0.6) is 0 Å². The van der Waals surface area contributed by atoms with Crippen LogP contribution in [-0.2, 0) is 0 Å². The number of rotatable bonds is 3. The molecule has 0 radical (unpaired) electrons. The fourth-order valence-corrected chi connectivity index (χ4v) is 1.71. The van der Waals surface area contributed by atoms with E-state index in [0.717, 1.165) is 16.6 Å². The molecule has 4 heteroatoms. The van der Waals surface area contributed by atoms with Crippen LogP contribution in [0, 0.1) is 10.7 Å². The molecule has 0 atom stereocenters. The van der Waals surface area contributed by atoms with Gasteiger partial charge in [0.05, 0.1) is 10.6 Å². The summed E-state index contributed by atoms with van der Waals surface area (Å²) < 4.78 is 0. The van der Waals surface area contributed by atoms with Gasteiger partial charge in [-0.25, -0.2) is 0 Å². The number of carbonyl (C=O) groups excluding carboxylic acids is 1. The molecule has 0 fully saturated rings. The Morgan fingerprint density at radius 3 is 3.18 bits per heavy atom. The highest BCUT2D eigenvalue weighted by atomic mass is 32.2. The number of hydrogen-bond donors (Lipinski definition) is 0. The van der Waals surface area contributed by atoms with Crippen molar-refractivity contribution in [2.24, 2.45) is 0 Å². The Bertz CT molecular complexity index is 273. The topological polar surface area (TPSA) is 40.9 Å². The number of Topliss-reactive ketones (excluding diaryl/α,β-unsaturated/α-hetero) is 1. The van der Waals surface area contributed by atoms with Crippen molar-refractivity contribution in [3.63, 3.8) is 0 Å². The van der Waals surface area contributed by atoms with Gasteiger partial charge in [0, 0.05) is 0 Å². The maximum Gasteiger partial charge on any atom is 0.183 e. The lowest BCUT2D eigenvalue weighted by Crippen LogP contribution is -1.97. The van der Waals surface area contributed by atoms with Gasteiger partial charge in [0.1, 0.15) is 5.40 Å². The van der Waals surface area contributed by atoms with Gasteiger partial charge in [0.15, 0.2) is 5.78 Å². The minimum absolute atomic E-state index is 0.0338. The lowest BCUT2D eigenvalue weighted by Gasteiger charge is -1.88. The van der Waals surface area contributed by atoms with Gasteiger partial charge in [-0.2, -0.15) is 5.26 Å². The third-order valence-electron chi connectivity index (χ3n) is 1.06. The van der Waals surface area contributed by atoms with Crippen LogP contribution < -0.4 is 0 Å². The summed E-state index contributed by atoms with van der Waals surface area (Å²) >= 11 is 2.39. The van der Waals surface area contributed by atoms with Crippen LogP contribution in [0.2, 0.25) is 0 Å². The molecule has 2 nitrogen and oxygen atoms in total. The fourth-order valence-electron chi connectivity index (χ4n) is 0.606. The molecule has 0 amide bonds. The Morgan fingerprint density at radius 2 is 2.64 bits per heavy atom. The van der Waals surface area contributed by atoms with E-state index in [4.69, 9.17) is 5.26 Å². The smallest absolute Gasteiger partial charge is 0.183 e. The SMILES string of the molecule is N#CSCC(=O)c1cccs1. The number of nitriles is 1. The van der Waals surface area contributed by atoms with Crippen LogP contribution in [-0.4, -0.2) is 11.5 Å². The normalized spacial score (nSPS) is 9.00. The second kappa shape index (κ2) is 4.16. The molecule has 1 aromatic heterocycles. The number of ketones is 1. The Balaban J connectivity index is 2.51. The standard InChI is InChI=1S/C7H5NOS2/c8-5-10-4-6(9)7-2-1-3-11-7/h1-3H,4H2. The van der Waals surface area contributed by atoms with Crippen LogP contribution in [0.4, 0.5) is 0 Å². The maximum atomic E-state index is 11.1. The molecule has 56 valence electrons. The molecule has 0 aliphatic carbocycles. The molecule has 0 spiro atoms. The highest BCUT2D eigenvalue weighted by Crippen LogP contribution is 2.11. The number of thioether (sulfide) groups is 1. The Labute approximate surface area is 72.8 Å². The van der Waals surface area contributed by atoms with E-state index in [9.17, 15) is 4.79 Å². The predicted molar refractivity (Wildman–Crippen MR) is 46.7 cm³/mol. The molecule has 0 saturated heterocycles. The number of hydrogen-bond acceptors (Lipinski definition) is 4. The minimum atomic E-state index is 0.0338. The van der Waals surface area contributed by atoms with Crippen molar-refractivity contribution in [2.75, 3.05) is 5.75 Å². The van der Waals surface area contributed by atoms with Crippen molar-refractivity contribution in [2.45, 2.75) is 0 Å².